The van der Waals surface area contributed by atoms with Crippen molar-refractivity contribution in [1.29, 1.82) is 0 Å². The Morgan fingerprint density at radius 2 is 1.71 bits per heavy atom. The van der Waals surface area contributed by atoms with E-state index in [1.54, 1.807) is 18.7 Å². The quantitative estimate of drug-likeness (QED) is 0.324. The molecule has 1 unspecified atom stereocenters. The first kappa shape index (κ1) is 27.3. The Kier molecular flexibility index (Phi) is 8.81. The number of nitrogens with one attached hydrogen (secondary N) is 3. The highest BCUT2D eigenvalue weighted by Gasteiger charge is 2.31. The lowest BCUT2D eigenvalue weighted by Gasteiger charge is -2.31. The lowest BCUT2D eigenvalue weighted by molar-refractivity contribution is -0.140. The molecule has 2 heterocycles. The van der Waals surface area contributed by atoms with Crippen molar-refractivity contribution in [2.45, 2.75) is 38.3 Å². The highest BCUT2D eigenvalue weighted by Crippen LogP contribution is 2.20. The van der Waals surface area contributed by atoms with Crippen molar-refractivity contribution in [2.24, 2.45) is 11.7 Å². The van der Waals surface area contributed by atoms with Gasteiger partial charge in [-0.1, -0.05) is 48.5 Å². The Balaban J connectivity index is 1.51. The van der Waals surface area contributed by atoms with Crippen molar-refractivity contribution in [3.63, 3.8) is 0 Å². The van der Waals surface area contributed by atoms with Crippen molar-refractivity contribution in [2.75, 3.05) is 32.8 Å². The summed E-state index contributed by atoms with van der Waals surface area (Å²) in [5.74, 6) is -1.25. The number of nitrogens with zero attached hydrogens (tertiary/aromatic N) is 1. The molecule has 0 aliphatic carbocycles. The van der Waals surface area contributed by atoms with Gasteiger partial charge in [0.25, 0.3) is 0 Å². The Bertz CT molecular complexity index is 1240. The minimum absolute atomic E-state index is 0.0160. The lowest BCUT2D eigenvalue weighted by Crippen LogP contribution is -2.57. The number of morpholine rings is 1. The fourth-order valence-electron chi connectivity index (χ4n) is 4.61. The Labute approximate surface area is 223 Å². The molecule has 0 bridgehead atoms. The number of carbonyl (C=O) groups is 3. The first-order valence-electron chi connectivity index (χ1n) is 13.1. The number of para-hydroxylation sites is 1. The molecule has 2 atom stereocenters. The highest BCUT2D eigenvalue weighted by molar-refractivity contribution is 5.92. The number of amides is 3. The van der Waals surface area contributed by atoms with E-state index >= 15 is 0 Å². The van der Waals surface area contributed by atoms with Crippen molar-refractivity contribution in [3.05, 3.63) is 71.9 Å². The van der Waals surface area contributed by atoms with Gasteiger partial charge in [-0.3, -0.25) is 14.4 Å². The number of nitrogens with two attached hydrogens (primary N) is 1. The zero-order valence-corrected chi connectivity index (χ0v) is 22.0. The average Bonchev–Trinajstić information content (AvgIpc) is 3.33. The van der Waals surface area contributed by atoms with Gasteiger partial charge in [0.2, 0.25) is 17.7 Å². The van der Waals surface area contributed by atoms with Crippen LogP contribution in [0.2, 0.25) is 0 Å². The van der Waals surface area contributed by atoms with Gasteiger partial charge in [0.15, 0.2) is 0 Å². The number of hydrogen-bond acceptors (Lipinski definition) is 5. The Morgan fingerprint density at radius 3 is 2.42 bits per heavy atom. The summed E-state index contributed by atoms with van der Waals surface area (Å²) in [6, 6.07) is 16.7. The molecule has 1 fully saturated rings. The molecular formula is C29H37N5O4. The first-order chi connectivity index (χ1) is 18.2. The molecule has 3 aromatic rings. The summed E-state index contributed by atoms with van der Waals surface area (Å²) in [5, 5.41) is 6.76. The third kappa shape index (κ3) is 6.99. The zero-order valence-electron chi connectivity index (χ0n) is 22.0. The molecule has 1 aliphatic heterocycles. The molecule has 9 heteroatoms. The molecule has 202 valence electrons. The molecule has 38 heavy (non-hydrogen) atoms. The van der Waals surface area contributed by atoms with Crippen molar-refractivity contribution in [3.8, 4) is 0 Å². The van der Waals surface area contributed by atoms with Gasteiger partial charge >= 0.3 is 0 Å². The molecule has 9 nitrogen and oxygen atoms in total. The van der Waals surface area contributed by atoms with Gasteiger partial charge in [-0.15, -0.1) is 0 Å². The second-order valence-electron chi connectivity index (χ2n) is 10.4. The zero-order chi connectivity index (χ0) is 27.1. The average molecular weight is 520 g/mol. The molecule has 1 aliphatic rings. The second kappa shape index (κ2) is 12.2. The maximum absolute atomic E-state index is 13.5. The van der Waals surface area contributed by atoms with E-state index < -0.39 is 23.4 Å². The van der Waals surface area contributed by atoms with Gasteiger partial charge in [-0.25, -0.2) is 0 Å². The van der Waals surface area contributed by atoms with Crippen LogP contribution >= 0.6 is 0 Å². The Hall–Kier alpha value is -3.69. The molecule has 0 radical (unpaired) electrons. The van der Waals surface area contributed by atoms with Crippen LogP contribution in [0.1, 0.15) is 25.0 Å². The molecule has 0 spiro atoms. The van der Waals surface area contributed by atoms with E-state index in [9.17, 15) is 14.4 Å². The number of benzene rings is 2. The minimum atomic E-state index is -1.15. The SMILES string of the molecule is CC(C)(N)C(=O)NC(Cc1c[nH]c2ccccc12)C(=O)NC[C@@H](Cc1ccccc1)C(=O)N1CCOCC1. The third-order valence-corrected chi connectivity index (χ3v) is 6.83. The van der Waals surface area contributed by atoms with Crippen molar-refractivity contribution >= 4 is 28.6 Å². The van der Waals surface area contributed by atoms with E-state index in [1.165, 1.54) is 0 Å². The summed E-state index contributed by atoms with van der Waals surface area (Å²) in [6.45, 7) is 5.41. The smallest absolute Gasteiger partial charge is 0.242 e. The molecule has 5 N–H and O–H groups in total. The van der Waals surface area contributed by atoms with Gasteiger partial charge < -0.3 is 31.0 Å². The molecule has 0 saturated carbocycles. The molecule has 1 saturated heterocycles. The summed E-state index contributed by atoms with van der Waals surface area (Å²) in [4.78, 5) is 44.7. The van der Waals surface area contributed by atoms with Gasteiger partial charge in [0.1, 0.15) is 6.04 Å². The van der Waals surface area contributed by atoms with Gasteiger partial charge in [0.05, 0.1) is 24.7 Å². The number of ether oxygens (including phenoxy) is 1. The number of H-pyrrole nitrogens is 1. The van der Waals surface area contributed by atoms with E-state index in [-0.39, 0.29) is 24.8 Å². The monoisotopic (exact) mass is 519 g/mol. The summed E-state index contributed by atoms with van der Waals surface area (Å²) >= 11 is 0. The van der Waals surface area contributed by atoms with E-state index in [0.29, 0.717) is 32.7 Å². The number of carbonyl (C=O) groups excluding carboxylic acids is 3. The molecular weight excluding hydrogens is 482 g/mol. The number of aromatic nitrogens is 1. The number of hydrogen-bond donors (Lipinski definition) is 4. The fourth-order valence-corrected chi connectivity index (χ4v) is 4.61. The number of fused-ring (bicyclic) bond motifs is 1. The molecule has 2 aromatic carbocycles. The Morgan fingerprint density at radius 1 is 1.03 bits per heavy atom. The van der Waals surface area contributed by atoms with Crippen LogP contribution in [0, 0.1) is 5.92 Å². The third-order valence-electron chi connectivity index (χ3n) is 6.83. The molecule has 1 aromatic heterocycles. The molecule has 3 amide bonds. The summed E-state index contributed by atoms with van der Waals surface area (Å²) in [6.07, 6.45) is 2.62. The predicted octanol–water partition coefficient (Wildman–Crippen LogP) is 1.77. The fraction of sp³-hybridized carbons (Fsp3) is 0.414. The number of aromatic amines is 1. The maximum Gasteiger partial charge on any atom is 0.242 e. The summed E-state index contributed by atoms with van der Waals surface area (Å²) < 4.78 is 5.41. The van der Waals surface area contributed by atoms with Crippen LogP contribution in [-0.4, -0.2) is 72.0 Å². The maximum atomic E-state index is 13.5. The van der Waals surface area contributed by atoms with Gasteiger partial charge in [0, 0.05) is 43.2 Å². The normalized spacial score (nSPS) is 15.6. The second-order valence-corrected chi connectivity index (χ2v) is 10.4. The van der Waals surface area contributed by atoms with Gasteiger partial charge in [-0.2, -0.15) is 0 Å². The lowest BCUT2D eigenvalue weighted by atomic mass is 9.96. The largest absolute Gasteiger partial charge is 0.378 e. The van der Waals surface area contributed by atoms with Gasteiger partial charge in [-0.05, 0) is 37.5 Å². The number of rotatable bonds is 10. The van der Waals surface area contributed by atoms with E-state index in [4.69, 9.17) is 10.5 Å². The van der Waals surface area contributed by atoms with Crippen LogP contribution in [0.4, 0.5) is 0 Å². The van der Waals surface area contributed by atoms with Crippen LogP contribution in [-0.2, 0) is 32.0 Å². The minimum Gasteiger partial charge on any atom is -0.378 e. The standard InChI is InChI=1S/C29H37N5O4/c1-29(2,30)28(37)33-25(17-21-18-31-24-11-7-6-10-23(21)24)26(35)32-19-22(16-20-8-4-3-5-9-20)27(36)34-12-14-38-15-13-34/h3-11,18,22,25,31H,12-17,19,30H2,1-2H3,(H,32,35)(H,33,37)/t22-,25?/m1/s1. The van der Waals surface area contributed by atoms with E-state index in [0.717, 1.165) is 22.0 Å². The topological polar surface area (TPSA) is 130 Å². The van der Waals surface area contributed by atoms with Crippen LogP contribution in [0.5, 0.6) is 0 Å². The summed E-state index contributed by atoms with van der Waals surface area (Å²) in [7, 11) is 0. The first-order valence-corrected chi connectivity index (χ1v) is 13.1. The van der Waals surface area contributed by atoms with Crippen LogP contribution in [0.15, 0.2) is 60.8 Å². The van der Waals surface area contributed by atoms with Crippen LogP contribution in [0.25, 0.3) is 10.9 Å². The van der Waals surface area contributed by atoms with Crippen LogP contribution < -0.4 is 16.4 Å². The highest BCUT2D eigenvalue weighted by atomic mass is 16.5. The van der Waals surface area contributed by atoms with Crippen molar-refractivity contribution in [1.82, 2.24) is 20.5 Å². The molecule has 4 rings (SSSR count). The van der Waals surface area contributed by atoms with E-state index in [2.05, 4.69) is 15.6 Å². The predicted molar refractivity (Wildman–Crippen MR) is 146 cm³/mol. The van der Waals surface area contributed by atoms with E-state index in [1.807, 2.05) is 60.8 Å². The van der Waals surface area contributed by atoms with Crippen molar-refractivity contribution < 1.29 is 19.1 Å². The summed E-state index contributed by atoms with van der Waals surface area (Å²) in [5.41, 5.74) is 7.73. The van der Waals surface area contributed by atoms with Crippen LogP contribution in [0.3, 0.4) is 0 Å².